The Kier molecular flexibility index (Phi) is 9.30. The van der Waals surface area contributed by atoms with Crippen LogP contribution in [0.15, 0.2) is 52.1 Å². The van der Waals surface area contributed by atoms with Crippen molar-refractivity contribution in [3.05, 3.63) is 54.0 Å². The van der Waals surface area contributed by atoms with Gasteiger partial charge in [-0.1, -0.05) is 12.1 Å². The van der Waals surface area contributed by atoms with Crippen LogP contribution in [0, 0.1) is 0 Å². The van der Waals surface area contributed by atoms with Gasteiger partial charge in [0.15, 0.2) is 11.7 Å². The highest BCUT2D eigenvalue weighted by atomic mass is 127. The summed E-state index contributed by atoms with van der Waals surface area (Å²) in [4.78, 5) is 21.2. The molecule has 0 radical (unpaired) electrons. The molecular weight excluding hydrogens is 483 g/mol. The van der Waals surface area contributed by atoms with Crippen molar-refractivity contribution in [2.24, 2.45) is 4.99 Å². The largest absolute Gasteiger partial charge is 0.494 e. The topological polar surface area (TPSA) is 70.3 Å². The van der Waals surface area contributed by atoms with Gasteiger partial charge in [-0.05, 0) is 43.7 Å². The Hall–Kier alpha value is -2.23. The molecule has 1 N–H and O–H groups in total. The van der Waals surface area contributed by atoms with Gasteiger partial charge in [-0.15, -0.1) is 24.0 Å². The van der Waals surface area contributed by atoms with E-state index >= 15 is 0 Å². The standard InChI is InChI=1S/C21H28N4O3.HI/c1-3-22-21(23-16-17-7-5-8-18(15-17)27-4-2)25-12-10-24(11-13-25)20(26)19-9-6-14-28-19;/h5-9,14-15H,3-4,10-13,16H2,1-2H3,(H,22,23);1H. The molecule has 2 heterocycles. The molecule has 0 spiro atoms. The SMILES string of the molecule is CCNC(=NCc1cccc(OCC)c1)N1CCN(C(=O)c2ccco2)CC1.I. The summed E-state index contributed by atoms with van der Waals surface area (Å²) in [6.07, 6.45) is 1.53. The lowest BCUT2D eigenvalue weighted by molar-refractivity contribution is 0.0657. The van der Waals surface area contributed by atoms with Crippen LogP contribution in [0.4, 0.5) is 0 Å². The molecule has 2 aromatic rings. The number of piperazine rings is 1. The van der Waals surface area contributed by atoms with E-state index in [0.717, 1.165) is 36.9 Å². The van der Waals surface area contributed by atoms with Crippen molar-refractivity contribution in [2.75, 3.05) is 39.3 Å². The van der Waals surface area contributed by atoms with Crippen LogP contribution >= 0.6 is 24.0 Å². The molecular formula is C21H29IN4O3. The van der Waals surface area contributed by atoms with Crippen LogP contribution in [0.25, 0.3) is 0 Å². The van der Waals surface area contributed by atoms with Gasteiger partial charge >= 0.3 is 0 Å². The zero-order valence-corrected chi connectivity index (χ0v) is 19.3. The molecule has 0 aliphatic carbocycles. The maximum absolute atomic E-state index is 12.4. The molecule has 3 rings (SSSR count). The smallest absolute Gasteiger partial charge is 0.289 e. The molecule has 158 valence electrons. The van der Waals surface area contributed by atoms with Gasteiger partial charge in [0.25, 0.3) is 5.91 Å². The summed E-state index contributed by atoms with van der Waals surface area (Å²) in [6, 6.07) is 11.5. The van der Waals surface area contributed by atoms with E-state index in [1.54, 1.807) is 12.1 Å². The first-order valence-corrected chi connectivity index (χ1v) is 9.79. The summed E-state index contributed by atoms with van der Waals surface area (Å²) in [7, 11) is 0. The molecule has 1 aromatic heterocycles. The zero-order valence-electron chi connectivity index (χ0n) is 17.0. The number of rotatable bonds is 6. The van der Waals surface area contributed by atoms with E-state index < -0.39 is 0 Å². The number of aliphatic imine (C=N–C) groups is 1. The molecule has 7 nitrogen and oxygen atoms in total. The third kappa shape index (κ3) is 6.38. The number of hydrogen-bond donors (Lipinski definition) is 1. The Labute approximate surface area is 189 Å². The quantitative estimate of drug-likeness (QED) is 0.366. The summed E-state index contributed by atoms with van der Waals surface area (Å²) in [6.45, 7) is 8.81. The van der Waals surface area contributed by atoms with Crippen LogP contribution < -0.4 is 10.1 Å². The average molecular weight is 512 g/mol. The minimum atomic E-state index is -0.0562. The number of carbonyl (C=O) groups is 1. The fourth-order valence-corrected chi connectivity index (χ4v) is 3.17. The first-order valence-electron chi connectivity index (χ1n) is 9.79. The molecule has 1 fully saturated rings. The maximum Gasteiger partial charge on any atom is 0.289 e. The summed E-state index contributed by atoms with van der Waals surface area (Å²) >= 11 is 0. The fourth-order valence-electron chi connectivity index (χ4n) is 3.17. The second kappa shape index (κ2) is 11.7. The highest BCUT2D eigenvalue weighted by Gasteiger charge is 2.25. The molecule has 1 saturated heterocycles. The van der Waals surface area contributed by atoms with E-state index in [4.69, 9.17) is 14.1 Å². The van der Waals surface area contributed by atoms with E-state index in [9.17, 15) is 4.79 Å². The van der Waals surface area contributed by atoms with Crippen LogP contribution in [0.2, 0.25) is 0 Å². The molecule has 0 atom stereocenters. The van der Waals surface area contributed by atoms with Crippen LogP contribution in [0.1, 0.15) is 30.0 Å². The summed E-state index contributed by atoms with van der Waals surface area (Å²) in [5.74, 6) is 2.07. The number of ether oxygens (including phenoxy) is 1. The third-order valence-corrected chi connectivity index (χ3v) is 4.55. The Morgan fingerprint density at radius 2 is 1.90 bits per heavy atom. The predicted molar refractivity (Wildman–Crippen MR) is 124 cm³/mol. The number of guanidine groups is 1. The van der Waals surface area contributed by atoms with Gasteiger partial charge in [0.1, 0.15) is 5.75 Å². The first-order chi connectivity index (χ1) is 13.7. The Balaban J connectivity index is 0.00000300. The fraction of sp³-hybridized carbons (Fsp3) is 0.429. The van der Waals surface area contributed by atoms with Crippen molar-refractivity contribution >= 4 is 35.8 Å². The zero-order chi connectivity index (χ0) is 19.8. The Morgan fingerprint density at radius 1 is 1.14 bits per heavy atom. The number of nitrogens with one attached hydrogen (secondary N) is 1. The summed E-state index contributed by atoms with van der Waals surface area (Å²) in [5, 5.41) is 3.36. The van der Waals surface area contributed by atoms with Crippen LogP contribution in [0.5, 0.6) is 5.75 Å². The van der Waals surface area contributed by atoms with Gasteiger partial charge in [-0.25, -0.2) is 4.99 Å². The van der Waals surface area contributed by atoms with E-state index in [2.05, 4.69) is 23.2 Å². The highest BCUT2D eigenvalue weighted by molar-refractivity contribution is 14.0. The lowest BCUT2D eigenvalue weighted by Crippen LogP contribution is -2.53. The van der Waals surface area contributed by atoms with Crippen molar-refractivity contribution in [1.82, 2.24) is 15.1 Å². The first kappa shape index (κ1) is 23.1. The van der Waals surface area contributed by atoms with Crippen LogP contribution in [0.3, 0.4) is 0 Å². The Bertz CT molecular complexity index is 787. The number of nitrogens with zero attached hydrogens (tertiary/aromatic N) is 3. The molecule has 0 saturated carbocycles. The normalized spacial score (nSPS) is 14.3. The second-order valence-electron chi connectivity index (χ2n) is 6.51. The number of furan rings is 1. The monoisotopic (exact) mass is 512 g/mol. The summed E-state index contributed by atoms with van der Waals surface area (Å²) in [5.41, 5.74) is 1.10. The van der Waals surface area contributed by atoms with Gasteiger partial charge < -0.3 is 24.3 Å². The predicted octanol–water partition coefficient (Wildman–Crippen LogP) is 3.22. The molecule has 1 amide bonds. The van der Waals surface area contributed by atoms with E-state index in [1.165, 1.54) is 6.26 Å². The maximum atomic E-state index is 12.4. The van der Waals surface area contributed by atoms with E-state index in [1.807, 2.05) is 30.0 Å². The summed E-state index contributed by atoms with van der Waals surface area (Å²) < 4.78 is 10.8. The third-order valence-electron chi connectivity index (χ3n) is 4.55. The van der Waals surface area contributed by atoms with Crippen molar-refractivity contribution in [1.29, 1.82) is 0 Å². The van der Waals surface area contributed by atoms with Gasteiger partial charge in [0, 0.05) is 32.7 Å². The molecule has 8 heteroatoms. The number of carbonyl (C=O) groups excluding carboxylic acids is 1. The Morgan fingerprint density at radius 3 is 2.55 bits per heavy atom. The van der Waals surface area contributed by atoms with Crippen molar-refractivity contribution in [3.63, 3.8) is 0 Å². The number of benzene rings is 1. The number of amides is 1. The van der Waals surface area contributed by atoms with Crippen LogP contribution in [-0.4, -0.2) is 61.0 Å². The van der Waals surface area contributed by atoms with Gasteiger partial charge in [0.2, 0.25) is 0 Å². The molecule has 29 heavy (non-hydrogen) atoms. The number of hydrogen-bond acceptors (Lipinski definition) is 4. The molecule has 0 unspecified atom stereocenters. The van der Waals surface area contributed by atoms with Gasteiger partial charge in [-0.3, -0.25) is 4.79 Å². The van der Waals surface area contributed by atoms with Gasteiger partial charge in [-0.2, -0.15) is 0 Å². The van der Waals surface area contributed by atoms with Crippen molar-refractivity contribution in [3.8, 4) is 5.75 Å². The highest BCUT2D eigenvalue weighted by Crippen LogP contribution is 2.15. The van der Waals surface area contributed by atoms with E-state index in [0.29, 0.717) is 32.0 Å². The second-order valence-corrected chi connectivity index (χ2v) is 6.51. The van der Waals surface area contributed by atoms with Crippen molar-refractivity contribution in [2.45, 2.75) is 20.4 Å². The lowest BCUT2D eigenvalue weighted by atomic mass is 10.2. The molecule has 1 aliphatic heterocycles. The molecule has 1 aromatic carbocycles. The lowest BCUT2D eigenvalue weighted by Gasteiger charge is -2.36. The number of halogens is 1. The van der Waals surface area contributed by atoms with Crippen LogP contribution in [-0.2, 0) is 6.54 Å². The van der Waals surface area contributed by atoms with Gasteiger partial charge in [0.05, 0.1) is 19.4 Å². The minimum absolute atomic E-state index is 0. The molecule has 1 aliphatic rings. The average Bonchev–Trinajstić information content (AvgIpc) is 3.26. The molecule has 0 bridgehead atoms. The van der Waals surface area contributed by atoms with Crippen molar-refractivity contribution < 1.29 is 13.9 Å². The van der Waals surface area contributed by atoms with E-state index in [-0.39, 0.29) is 29.9 Å². The minimum Gasteiger partial charge on any atom is -0.494 e.